The number of benzene rings is 1. The standard InChI is InChI=1S/C12H7Br2ClFN3O/c13-9-5-17-12(11(14)18-9)19-10(20)4-6-7(15)2-1-3-8(6)16/h1-3,5H,4H2,(H,17,19,20). The lowest BCUT2D eigenvalue weighted by Gasteiger charge is -2.08. The SMILES string of the molecule is O=C(Cc1c(F)cccc1Cl)Nc1ncc(Br)nc1Br. The molecule has 0 unspecified atom stereocenters. The van der Waals surface area contributed by atoms with E-state index in [2.05, 4.69) is 47.1 Å². The fraction of sp³-hybridized carbons (Fsp3) is 0.0833. The fourth-order valence-corrected chi connectivity index (χ4v) is 2.61. The first-order chi connectivity index (χ1) is 9.47. The maximum Gasteiger partial charge on any atom is 0.230 e. The summed E-state index contributed by atoms with van der Waals surface area (Å²) in [5.74, 6) is -0.700. The molecule has 0 aliphatic carbocycles. The third-order valence-electron chi connectivity index (χ3n) is 2.36. The highest BCUT2D eigenvalue weighted by molar-refractivity contribution is 9.11. The summed E-state index contributed by atoms with van der Waals surface area (Å²) < 4.78 is 14.5. The quantitative estimate of drug-likeness (QED) is 0.813. The first-order valence-electron chi connectivity index (χ1n) is 5.38. The minimum Gasteiger partial charge on any atom is -0.308 e. The number of rotatable bonds is 3. The third kappa shape index (κ3) is 3.74. The molecule has 20 heavy (non-hydrogen) atoms. The van der Waals surface area contributed by atoms with Gasteiger partial charge in [0.1, 0.15) is 15.0 Å². The van der Waals surface area contributed by atoms with Crippen molar-refractivity contribution in [1.82, 2.24) is 9.97 Å². The molecule has 4 nitrogen and oxygen atoms in total. The van der Waals surface area contributed by atoms with Gasteiger partial charge in [-0.2, -0.15) is 0 Å². The van der Waals surface area contributed by atoms with Crippen LogP contribution >= 0.6 is 43.5 Å². The number of carbonyl (C=O) groups excluding carboxylic acids is 1. The first kappa shape index (κ1) is 15.3. The Morgan fingerprint density at radius 2 is 2.15 bits per heavy atom. The Morgan fingerprint density at radius 1 is 1.40 bits per heavy atom. The van der Waals surface area contributed by atoms with E-state index in [1.54, 1.807) is 0 Å². The summed E-state index contributed by atoms with van der Waals surface area (Å²) in [5.41, 5.74) is 0.146. The largest absolute Gasteiger partial charge is 0.308 e. The van der Waals surface area contributed by atoms with Gasteiger partial charge in [0, 0.05) is 10.6 Å². The number of anilines is 1. The van der Waals surface area contributed by atoms with Gasteiger partial charge in [-0.05, 0) is 44.0 Å². The molecule has 1 heterocycles. The second-order valence-electron chi connectivity index (χ2n) is 3.76. The summed E-state index contributed by atoms with van der Waals surface area (Å²) in [6.07, 6.45) is 1.26. The molecule has 0 bridgehead atoms. The van der Waals surface area contributed by atoms with Crippen LogP contribution in [-0.4, -0.2) is 15.9 Å². The molecular formula is C12H7Br2ClFN3O. The number of carbonyl (C=O) groups is 1. The van der Waals surface area contributed by atoms with Crippen LogP contribution in [0.1, 0.15) is 5.56 Å². The average molecular weight is 423 g/mol. The predicted octanol–water partition coefficient (Wildman–Crippen LogP) is 3.98. The van der Waals surface area contributed by atoms with Gasteiger partial charge < -0.3 is 5.32 Å². The van der Waals surface area contributed by atoms with Crippen molar-refractivity contribution < 1.29 is 9.18 Å². The molecule has 0 saturated heterocycles. The Balaban J connectivity index is 2.13. The highest BCUT2D eigenvalue weighted by Crippen LogP contribution is 2.22. The van der Waals surface area contributed by atoms with Crippen LogP contribution in [0, 0.1) is 5.82 Å². The lowest BCUT2D eigenvalue weighted by atomic mass is 10.1. The second-order valence-corrected chi connectivity index (χ2v) is 5.73. The van der Waals surface area contributed by atoms with Gasteiger partial charge in [0.15, 0.2) is 5.82 Å². The molecule has 0 radical (unpaired) electrons. The molecule has 1 N–H and O–H groups in total. The zero-order valence-electron chi connectivity index (χ0n) is 9.83. The van der Waals surface area contributed by atoms with Crippen LogP contribution in [0.15, 0.2) is 33.6 Å². The number of aromatic nitrogens is 2. The molecule has 0 spiro atoms. The van der Waals surface area contributed by atoms with Crippen LogP contribution in [0.3, 0.4) is 0 Å². The van der Waals surface area contributed by atoms with Crippen LogP contribution in [-0.2, 0) is 11.2 Å². The highest BCUT2D eigenvalue weighted by Gasteiger charge is 2.14. The van der Waals surface area contributed by atoms with E-state index in [0.717, 1.165) is 0 Å². The Bertz CT molecular complexity index is 649. The molecule has 8 heteroatoms. The van der Waals surface area contributed by atoms with Crippen LogP contribution in [0.2, 0.25) is 5.02 Å². The summed E-state index contributed by atoms with van der Waals surface area (Å²) in [4.78, 5) is 19.9. The van der Waals surface area contributed by atoms with Crippen molar-refractivity contribution in [2.45, 2.75) is 6.42 Å². The third-order valence-corrected chi connectivity index (χ3v) is 3.65. The Labute approximate surface area is 136 Å². The van der Waals surface area contributed by atoms with Gasteiger partial charge >= 0.3 is 0 Å². The maximum atomic E-state index is 13.6. The molecule has 0 fully saturated rings. The van der Waals surface area contributed by atoms with Crippen LogP contribution in [0.25, 0.3) is 0 Å². The van der Waals surface area contributed by atoms with Gasteiger partial charge in [-0.1, -0.05) is 17.7 Å². The predicted molar refractivity (Wildman–Crippen MR) is 81.2 cm³/mol. The number of nitrogens with zero attached hydrogens (tertiary/aromatic N) is 2. The van der Waals surface area contributed by atoms with Crippen LogP contribution < -0.4 is 5.32 Å². The summed E-state index contributed by atoms with van der Waals surface area (Å²) in [6, 6.07) is 4.27. The molecule has 0 saturated carbocycles. The number of nitrogens with one attached hydrogen (secondary N) is 1. The number of halogens is 4. The topological polar surface area (TPSA) is 54.9 Å². The van der Waals surface area contributed by atoms with Crippen LogP contribution in [0.4, 0.5) is 10.2 Å². The molecule has 1 amide bonds. The van der Waals surface area contributed by atoms with Gasteiger partial charge in [0.25, 0.3) is 0 Å². The molecule has 0 aliphatic rings. The first-order valence-corrected chi connectivity index (χ1v) is 7.34. The van der Waals surface area contributed by atoms with E-state index in [4.69, 9.17) is 11.6 Å². The van der Waals surface area contributed by atoms with E-state index < -0.39 is 11.7 Å². The lowest BCUT2D eigenvalue weighted by Crippen LogP contribution is -2.17. The molecule has 1 aromatic heterocycles. The average Bonchev–Trinajstić information content (AvgIpc) is 2.37. The van der Waals surface area contributed by atoms with Crippen molar-refractivity contribution in [1.29, 1.82) is 0 Å². The number of hydrogen-bond acceptors (Lipinski definition) is 3. The van der Waals surface area contributed by atoms with Crippen molar-refractivity contribution in [3.63, 3.8) is 0 Å². The zero-order valence-corrected chi connectivity index (χ0v) is 13.8. The second kappa shape index (κ2) is 6.60. The van der Waals surface area contributed by atoms with Crippen molar-refractivity contribution in [2.75, 3.05) is 5.32 Å². The van der Waals surface area contributed by atoms with Gasteiger partial charge in [-0.3, -0.25) is 4.79 Å². The van der Waals surface area contributed by atoms with E-state index >= 15 is 0 Å². The molecule has 2 aromatic rings. The summed E-state index contributed by atoms with van der Waals surface area (Å²) in [5, 5.41) is 2.74. The number of amides is 1. The highest BCUT2D eigenvalue weighted by atomic mass is 79.9. The van der Waals surface area contributed by atoms with Gasteiger partial charge in [0.2, 0.25) is 5.91 Å². The minimum absolute atomic E-state index is 0.146. The Hall–Kier alpha value is -1.05. The molecule has 104 valence electrons. The summed E-state index contributed by atoms with van der Waals surface area (Å²) in [6.45, 7) is 0. The van der Waals surface area contributed by atoms with Gasteiger partial charge in [0.05, 0.1) is 12.6 Å². The normalized spacial score (nSPS) is 10.4. The van der Waals surface area contributed by atoms with Gasteiger partial charge in [-0.25, -0.2) is 14.4 Å². The van der Waals surface area contributed by atoms with Crippen molar-refractivity contribution >= 4 is 55.2 Å². The van der Waals surface area contributed by atoms with Crippen molar-refractivity contribution in [3.05, 3.63) is 50.0 Å². The molecule has 0 aliphatic heterocycles. The molecule has 2 rings (SSSR count). The lowest BCUT2D eigenvalue weighted by molar-refractivity contribution is -0.115. The summed E-state index contributed by atoms with van der Waals surface area (Å²) >= 11 is 12.2. The van der Waals surface area contributed by atoms with Crippen LogP contribution in [0.5, 0.6) is 0 Å². The maximum absolute atomic E-state index is 13.6. The molecule has 0 atom stereocenters. The van der Waals surface area contributed by atoms with Crippen molar-refractivity contribution in [2.24, 2.45) is 0 Å². The Morgan fingerprint density at radius 3 is 2.80 bits per heavy atom. The van der Waals surface area contributed by atoms with E-state index in [1.165, 1.54) is 24.4 Å². The van der Waals surface area contributed by atoms with E-state index in [1.807, 2.05) is 0 Å². The molecule has 1 aromatic carbocycles. The fourth-order valence-electron chi connectivity index (χ4n) is 1.47. The smallest absolute Gasteiger partial charge is 0.230 e. The van der Waals surface area contributed by atoms with E-state index in [0.29, 0.717) is 9.21 Å². The Kier molecular flexibility index (Phi) is 5.06. The monoisotopic (exact) mass is 421 g/mol. The van der Waals surface area contributed by atoms with E-state index in [-0.39, 0.29) is 22.8 Å². The summed E-state index contributed by atoms with van der Waals surface area (Å²) in [7, 11) is 0. The van der Waals surface area contributed by atoms with Gasteiger partial charge in [-0.15, -0.1) is 0 Å². The van der Waals surface area contributed by atoms with Crippen molar-refractivity contribution in [3.8, 4) is 0 Å². The number of hydrogen-bond donors (Lipinski definition) is 1. The zero-order chi connectivity index (χ0) is 14.7. The molecular weight excluding hydrogens is 416 g/mol. The van der Waals surface area contributed by atoms with E-state index in [9.17, 15) is 9.18 Å². The minimum atomic E-state index is -0.520.